The quantitative estimate of drug-likeness (QED) is 0.850. The third kappa shape index (κ3) is 2.44. The average Bonchev–Trinajstić information content (AvgIpc) is 2.85. The minimum absolute atomic E-state index is 0.100. The monoisotopic (exact) mass is 288 g/mol. The molecule has 1 unspecified atom stereocenters. The molecule has 3 nitrogen and oxygen atoms in total. The zero-order valence-corrected chi connectivity index (χ0v) is 11.9. The number of nitrogens with one attached hydrogen (secondary N) is 1. The van der Waals surface area contributed by atoms with Crippen molar-refractivity contribution in [2.24, 2.45) is 0 Å². The van der Waals surface area contributed by atoms with E-state index in [0.29, 0.717) is 11.7 Å². The van der Waals surface area contributed by atoms with Crippen molar-refractivity contribution < 1.29 is 5.11 Å². The fraction of sp³-hybridized carbons (Fsp3) is 0.312. The number of pyridine rings is 1. The van der Waals surface area contributed by atoms with Gasteiger partial charge >= 0.3 is 0 Å². The summed E-state index contributed by atoms with van der Waals surface area (Å²) >= 11 is 5.90. The number of rotatable bonds is 4. The molecule has 0 amide bonds. The first-order valence-corrected chi connectivity index (χ1v) is 7.16. The average molecular weight is 289 g/mol. The molecule has 1 aliphatic carbocycles. The van der Waals surface area contributed by atoms with E-state index in [0.717, 1.165) is 18.4 Å². The Morgan fingerprint density at radius 3 is 2.95 bits per heavy atom. The molecule has 4 heteroatoms. The van der Waals surface area contributed by atoms with Crippen molar-refractivity contribution in [1.82, 2.24) is 10.3 Å². The number of aromatic nitrogens is 1. The van der Waals surface area contributed by atoms with Crippen LogP contribution in [0, 0.1) is 0 Å². The van der Waals surface area contributed by atoms with Gasteiger partial charge in [0.2, 0.25) is 0 Å². The molecule has 1 aromatic heterocycles. The molecule has 1 atom stereocenters. The van der Waals surface area contributed by atoms with Gasteiger partial charge in [0.15, 0.2) is 0 Å². The van der Waals surface area contributed by atoms with Crippen molar-refractivity contribution >= 4 is 11.6 Å². The van der Waals surface area contributed by atoms with E-state index in [2.05, 4.69) is 28.5 Å². The molecule has 2 N–H and O–H groups in total. The van der Waals surface area contributed by atoms with E-state index < -0.39 is 0 Å². The van der Waals surface area contributed by atoms with Gasteiger partial charge in [-0.05, 0) is 41.7 Å². The molecule has 104 valence electrons. The number of hydrogen-bond acceptors (Lipinski definition) is 3. The molecule has 0 saturated carbocycles. The standard InChI is InChI=1S/C16H17ClN2O/c17-15-9-12(6-8-18-15)10-19-16(11-20)7-5-13-3-1-2-4-14(13)16/h1-4,6,8-9,19-20H,5,7,10-11H2. The maximum Gasteiger partial charge on any atom is 0.129 e. The maximum absolute atomic E-state index is 9.89. The number of aryl methyl sites for hydroxylation is 1. The lowest BCUT2D eigenvalue weighted by molar-refractivity contribution is 0.159. The van der Waals surface area contributed by atoms with Crippen LogP contribution in [0.3, 0.4) is 0 Å². The predicted octanol–water partition coefficient (Wildman–Crippen LogP) is 2.66. The van der Waals surface area contributed by atoms with E-state index in [4.69, 9.17) is 11.6 Å². The zero-order chi connectivity index (χ0) is 14.0. The number of hydrogen-bond donors (Lipinski definition) is 2. The van der Waals surface area contributed by atoms with Crippen molar-refractivity contribution in [1.29, 1.82) is 0 Å². The Kier molecular flexibility index (Phi) is 3.74. The van der Waals surface area contributed by atoms with Gasteiger partial charge in [-0.2, -0.15) is 0 Å². The van der Waals surface area contributed by atoms with E-state index in [9.17, 15) is 5.11 Å². The van der Waals surface area contributed by atoms with Crippen molar-refractivity contribution in [3.63, 3.8) is 0 Å². The van der Waals surface area contributed by atoms with Gasteiger partial charge in [0, 0.05) is 12.7 Å². The normalized spacial score (nSPS) is 20.9. The van der Waals surface area contributed by atoms with Gasteiger partial charge in [-0.1, -0.05) is 35.9 Å². The first-order chi connectivity index (χ1) is 9.73. The van der Waals surface area contributed by atoms with Crippen LogP contribution in [-0.4, -0.2) is 16.7 Å². The highest BCUT2D eigenvalue weighted by molar-refractivity contribution is 6.29. The van der Waals surface area contributed by atoms with Crippen molar-refractivity contribution in [2.45, 2.75) is 24.9 Å². The molecule has 0 radical (unpaired) electrons. The molecule has 0 aliphatic heterocycles. The van der Waals surface area contributed by atoms with E-state index in [-0.39, 0.29) is 12.1 Å². The Labute approximate surface area is 123 Å². The number of halogens is 1. The number of benzene rings is 1. The van der Waals surface area contributed by atoms with E-state index in [1.807, 2.05) is 18.2 Å². The summed E-state index contributed by atoms with van der Waals surface area (Å²) in [5, 5.41) is 13.9. The Morgan fingerprint density at radius 1 is 1.30 bits per heavy atom. The largest absolute Gasteiger partial charge is 0.394 e. The fourth-order valence-corrected chi connectivity index (χ4v) is 3.11. The lowest BCUT2D eigenvalue weighted by Crippen LogP contribution is -2.43. The van der Waals surface area contributed by atoms with Crippen molar-refractivity contribution in [2.75, 3.05) is 6.61 Å². The molecular weight excluding hydrogens is 272 g/mol. The molecule has 1 aliphatic rings. The van der Waals surface area contributed by atoms with Gasteiger partial charge in [-0.3, -0.25) is 0 Å². The van der Waals surface area contributed by atoms with Gasteiger partial charge in [-0.25, -0.2) is 4.98 Å². The third-order valence-corrected chi connectivity index (χ3v) is 4.25. The number of aliphatic hydroxyl groups excluding tert-OH is 1. The number of nitrogens with zero attached hydrogens (tertiary/aromatic N) is 1. The van der Waals surface area contributed by atoms with Crippen LogP contribution < -0.4 is 5.32 Å². The van der Waals surface area contributed by atoms with E-state index in [1.54, 1.807) is 6.20 Å². The fourth-order valence-electron chi connectivity index (χ4n) is 2.92. The van der Waals surface area contributed by atoms with E-state index >= 15 is 0 Å². The maximum atomic E-state index is 9.89. The predicted molar refractivity (Wildman–Crippen MR) is 79.6 cm³/mol. The highest BCUT2D eigenvalue weighted by Gasteiger charge is 2.37. The molecule has 0 spiro atoms. The van der Waals surface area contributed by atoms with Crippen molar-refractivity contribution in [3.05, 3.63) is 64.4 Å². The minimum atomic E-state index is -0.341. The Morgan fingerprint density at radius 2 is 2.15 bits per heavy atom. The van der Waals surface area contributed by atoms with Crippen LogP contribution in [0.2, 0.25) is 5.15 Å². The van der Waals surface area contributed by atoms with Gasteiger partial charge in [0.25, 0.3) is 0 Å². The second-order valence-corrected chi connectivity index (χ2v) is 5.62. The second-order valence-electron chi connectivity index (χ2n) is 5.24. The van der Waals surface area contributed by atoms with E-state index in [1.165, 1.54) is 11.1 Å². The Hall–Kier alpha value is -1.42. The topological polar surface area (TPSA) is 45.1 Å². The van der Waals surface area contributed by atoms with Crippen LogP contribution in [0.25, 0.3) is 0 Å². The summed E-state index contributed by atoms with van der Waals surface area (Å²) in [4.78, 5) is 3.98. The number of aliphatic hydroxyl groups is 1. The minimum Gasteiger partial charge on any atom is -0.394 e. The highest BCUT2D eigenvalue weighted by atomic mass is 35.5. The molecule has 2 aromatic rings. The second kappa shape index (κ2) is 5.52. The van der Waals surface area contributed by atoms with Gasteiger partial charge in [0.1, 0.15) is 5.15 Å². The zero-order valence-electron chi connectivity index (χ0n) is 11.1. The molecule has 0 bridgehead atoms. The molecule has 0 saturated heterocycles. The summed E-state index contributed by atoms with van der Waals surface area (Å²) in [6, 6.07) is 12.1. The first-order valence-electron chi connectivity index (χ1n) is 6.78. The summed E-state index contributed by atoms with van der Waals surface area (Å²) in [6.07, 6.45) is 3.62. The van der Waals surface area contributed by atoms with Gasteiger partial charge in [-0.15, -0.1) is 0 Å². The molecule has 0 fully saturated rings. The summed E-state index contributed by atoms with van der Waals surface area (Å²) in [5.41, 5.74) is 3.26. The van der Waals surface area contributed by atoms with Crippen LogP contribution in [0.1, 0.15) is 23.1 Å². The first kappa shape index (κ1) is 13.6. The van der Waals surface area contributed by atoms with Gasteiger partial charge < -0.3 is 10.4 Å². The molecule has 3 rings (SSSR count). The van der Waals surface area contributed by atoms with Crippen molar-refractivity contribution in [3.8, 4) is 0 Å². The van der Waals surface area contributed by atoms with Gasteiger partial charge in [0.05, 0.1) is 12.1 Å². The Bertz CT molecular complexity index is 617. The SMILES string of the molecule is OCC1(NCc2ccnc(Cl)c2)CCc2ccccc21. The highest BCUT2D eigenvalue weighted by Crippen LogP contribution is 2.36. The molecule has 1 aromatic carbocycles. The third-order valence-electron chi connectivity index (χ3n) is 4.05. The lowest BCUT2D eigenvalue weighted by Gasteiger charge is -2.30. The summed E-state index contributed by atoms with van der Waals surface area (Å²) in [5.74, 6) is 0. The molecule has 1 heterocycles. The van der Waals surface area contributed by atoms with Crippen LogP contribution in [-0.2, 0) is 18.5 Å². The summed E-state index contributed by atoms with van der Waals surface area (Å²) in [6.45, 7) is 0.764. The lowest BCUT2D eigenvalue weighted by atomic mass is 9.92. The molecule has 20 heavy (non-hydrogen) atoms. The Balaban J connectivity index is 1.82. The van der Waals surface area contributed by atoms with Crippen LogP contribution in [0.4, 0.5) is 0 Å². The van der Waals surface area contributed by atoms with Crippen LogP contribution >= 0.6 is 11.6 Å². The van der Waals surface area contributed by atoms with Crippen LogP contribution in [0.5, 0.6) is 0 Å². The van der Waals surface area contributed by atoms with Crippen LogP contribution in [0.15, 0.2) is 42.6 Å². The molecular formula is C16H17ClN2O. The summed E-state index contributed by atoms with van der Waals surface area (Å²) in [7, 11) is 0. The summed E-state index contributed by atoms with van der Waals surface area (Å²) < 4.78 is 0. The number of fused-ring (bicyclic) bond motifs is 1. The smallest absolute Gasteiger partial charge is 0.129 e.